The number of sulfonamides is 1. The van der Waals surface area contributed by atoms with Gasteiger partial charge in [-0.2, -0.15) is 0 Å². The minimum absolute atomic E-state index is 0.163. The second-order valence-corrected chi connectivity index (χ2v) is 7.79. The van der Waals surface area contributed by atoms with E-state index in [1.54, 1.807) is 24.3 Å². The molecule has 2 aromatic carbocycles. The van der Waals surface area contributed by atoms with Crippen molar-refractivity contribution in [1.82, 2.24) is 4.72 Å². The molecule has 0 aliphatic heterocycles. The van der Waals surface area contributed by atoms with E-state index in [0.29, 0.717) is 18.0 Å². The summed E-state index contributed by atoms with van der Waals surface area (Å²) in [5, 5.41) is 2.66. The van der Waals surface area contributed by atoms with Gasteiger partial charge in [-0.3, -0.25) is 4.79 Å². The second-order valence-electron chi connectivity index (χ2n) is 5.99. The fourth-order valence-corrected chi connectivity index (χ4v) is 3.61. The average molecular weight is 376 g/mol. The van der Waals surface area contributed by atoms with Crippen LogP contribution in [-0.4, -0.2) is 27.5 Å². The van der Waals surface area contributed by atoms with Gasteiger partial charge in [0.25, 0.3) is 0 Å². The number of amides is 1. The Morgan fingerprint density at radius 3 is 2.58 bits per heavy atom. The van der Waals surface area contributed by atoms with Crippen molar-refractivity contribution in [3.8, 4) is 5.75 Å². The zero-order valence-corrected chi connectivity index (χ0v) is 16.0. The Hall–Kier alpha value is -2.38. The highest BCUT2D eigenvalue weighted by atomic mass is 32.2. The molecule has 7 heteroatoms. The summed E-state index contributed by atoms with van der Waals surface area (Å²) < 4.78 is 32.3. The smallest absolute Gasteiger partial charge is 0.239 e. The summed E-state index contributed by atoms with van der Waals surface area (Å²) in [6, 6.07) is 12.7. The number of ether oxygens (including phenoxy) is 1. The molecule has 0 atom stereocenters. The SMILES string of the molecule is CCOc1ccccc1NC(=O)CNS(=O)(=O)Cc1cc(C)ccc1C. The first-order valence-electron chi connectivity index (χ1n) is 8.36. The lowest BCUT2D eigenvalue weighted by Crippen LogP contribution is -2.33. The molecule has 2 aromatic rings. The van der Waals surface area contributed by atoms with Crippen LogP contribution >= 0.6 is 0 Å². The Kier molecular flexibility index (Phi) is 6.76. The molecule has 2 rings (SSSR count). The Balaban J connectivity index is 1.97. The van der Waals surface area contributed by atoms with Crippen LogP contribution in [0, 0.1) is 13.8 Å². The molecular weight excluding hydrogens is 352 g/mol. The van der Waals surface area contributed by atoms with Crippen LogP contribution in [-0.2, 0) is 20.6 Å². The first kappa shape index (κ1) is 19.9. The first-order valence-corrected chi connectivity index (χ1v) is 10.0. The van der Waals surface area contributed by atoms with Crippen LogP contribution in [0.5, 0.6) is 5.75 Å². The highest BCUT2D eigenvalue weighted by Gasteiger charge is 2.16. The number of nitrogens with one attached hydrogen (secondary N) is 2. The van der Waals surface area contributed by atoms with Gasteiger partial charge in [0.15, 0.2) is 0 Å². The van der Waals surface area contributed by atoms with E-state index in [4.69, 9.17) is 4.74 Å². The summed E-state index contributed by atoms with van der Waals surface area (Å²) in [6.07, 6.45) is 0. The van der Waals surface area contributed by atoms with Crippen molar-refractivity contribution >= 4 is 21.6 Å². The van der Waals surface area contributed by atoms with Crippen LogP contribution in [0.3, 0.4) is 0 Å². The van der Waals surface area contributed by atoms with Gasteiger partial charge < -0.3 is 10.1 Å². The summed E-state index contributed by atoms with van der Waals surface area (Å²) in [4.78, 5) is 12.1. The van der Waals surface area contributed by atoms with E-state index in [1.807, 2.05) is 39.0 Å². The van der Waals surface area contributed by atoms with Crippen LogP contribution in [0.2, 0.25) is 0 Å². The van der Waals surface area contributed by atoms with Gasteiger partial charge in [-0.1, -0.05) is 35.9 Å². The van der Waals surface area contributed by atoms with E-state index >= 15 is 0 Å². The van der Waals surface area contributed by atoms with Crippen LogP contribution in [0.1, 0.15) is 23.6 Å². The number of benzene rings is 2. The molecule has 0 aromatic heterocycles. The number of hydrogen-bond acceptors (Lipinski definition) is 4. The van der Waals surface area contributed by atoms with Crippen molar-refractivity contribution in [2.75, 3.05) is 18.5 Å². The zero-order valence-electron chi connectivity index (χ0n) is 15.2. The highest BCUT2D eigenvalue weighted by Crippen LogP contribution is 2.23. The fraction of sp³-hybridized carbons (Fsp3) is 0.316. The molecule has 0 radical (unpaired) electrons. The second kappa shape index (κ2) is 8.82. The highest BCUT2D eigenvalue weighted by molar-refractivity contribution is 7.88. The normalized spacial score (nSPS) is 11.2. The molecule has 0 saturated heterocycles. The number of hydrogen-bond donors (Lipinski definition) is 2. The molecule has 140 valence electrons. The minimum atomic E-state index is -3.62. The molecule has 1 amide bonds. The predicted molar refractivity (Wildman–Crippen MR) is 103 cm³/mol. The molecule has 0 fully saturated rings. The molecule has 0 heterocycles. The van der Waals surface area contributed by atoms with Gasteiger partial charge in [-0.25, -0.2) is 13.1 Å². The standard InChI is InChI=1S/C19H24N2O4S/c1-4-25-18-8-6-5-7-17(18)21-19(22)12-20-26(23,24)13-16-11-14(2)9-10-15(16)3/h5-11,20H,4,12-13H2,1-3H3,(H,21,22). The first-order chi connectivity index (χ1) is 12.3. The lowest BCUT2D eigenvalue weighted by Gasteiger charge is -2.12. The van der Waals surface area contributed by atoms with Crippen molar-refractivity contribution in [2.45, 2.75) is 26.5 Å². The van der Waals surface area contributed by atoms with E-state index in [9.17, 15) is 13.2 Å². The maximum Gasteiger partial charge on any atom is 0.239 e. The van der Waals surface area contributed by atoms with Gasteiger partial charge >= 0.3 is 0 Å². The van der Waals surface area contributed by atoms with E-state index in [1.165, 1.54) is 0 Å². The fourth-order valence-electron chi connectivity index (χ4n) is 2.43. The lowest BCUT2D eigenvalue weighted by atomic mass is 10.1. The Morgan fingerprint density at radius 1 is 1.12 bits per heavy atom. The molecule has 0 aliphatic rings. The van der Waals surface area contributed by atoms with Crippen molar-refractivity contribution in [3.05, 3.63) is 59.2 Å². The molecule has 2 N–H and O–H groups in total. The Bertz CT molecular complexity index is 879. The molecule has 6 nitrogen and oxygen atoms in total. The number of carbonyl (C=O) groups excluding carboxylic acids is 1. The summed E-state index contributed by atoms with van der Waals surface area (Å²) in [7, 11) is -3.62. The van der Waals surface area contributed by atoms with Gasteiger partial charge in [0.05, 0.1) is 24.6 Å². The van der Waals surface area contributed by atoms with Gasteiger partial charge in [-0.15, -0.1) is 0 Å². The molecule has 0 bridgehead atoms. The third kappa shape index (κ3) is 5.86. The zero-order chi connectivity index (χ0) is 19.2. The predicted octanol–water partition coefficient (Wildman–Crippen LogP) is 2.76. The number of anilines is 1. The largest absolute Gasteiger partial charge is 0.492 e. The Labute approximate surface area is 154 Å². The van der Waals surface area contributed by atoms with E-state index in [2.05, 4.69) is 10.0 Å². The van der Waals surface area contributed by atoms with E-state index < -0.39 is 15.9 Å². The number of para-hydroxylation sites is 2. The summed E-state index contributed by atoms with van der Waals surface area (Å²) in [5.41, 5.74) is 3.12. The van der Waals surface area contributed by atoms with Crippen LogP contribution in [0.15, 0.2) is 42.5 Å². The Morgan fingerprint density at radius 2 is 1.85 bits per heavy atom. The van der Waals surface area contributed by atoms with Crippen molar-refractivity contribution in [3.63, 3.8) is 0 Å². The third-order valence-corrected chi connectivity index (χ3v) is 5.04. The lowest BCUT2D eigenvalue weighted by molar-refractivity contribution is -0.115. The molecular formula is C19H24N2O4S. The van der Waals surface area contributed by atoms with Crippen molar-refractivity contribution < 1.29 is 17.9 Å². The number of aryl methyl sites for hydroxylation is 2. The van der Waals surface area contributed by atoms with Gasteiger partial charge in [0, 0.05) is 0 Å². The third-order valence-electron chi connectivity index (χ3n) is 3.76. The van der Waals surface area contributed by atoms with Crippen molar-refractivity contribution in [2.24, 2.45) is 0 Å². The van der Waals surface area contributed by atoms with Gasteiger partial charge in [0.1, 0.15) is 5.75 Å². The molecule has 0 spiro atoms. The average Bonchev–Trinajstić information content (AvgIpc) is 2.58. The summed E-state index contributed by atoms with van der Waals surface area (Å²) in [6.45, 7) is 5.75. The van der Waals surface area contributed by atoms with E-state index in [0.717, 1.165) is 16.7 Å². The minimum Gasteiger partial charge on any atom is -0.492 e. The summed E-state index contributed by atoms with van der Waals surface area (Å²) in [5.74, 6) is -0.0770. The van der Waals surface area contributed by atoms with Crippen LogP contribution in [0.4, 0.5) is 5.69 Å². The van der Waals surface area contributed by atoms with Crippen molar-refractivity contribution in [1.29, 1.82) is 0 Å². The number of carbonyl (C=O) groups is 1. The quantitative estimate of drug-likeness (QED) is 0.742. The van der Waals surface area contributed by atoms with Gasteiger partial charge in [0.2, 0.25) is 15.9 Å². The van der Waals surface area contributed by atoms with Gasteiger partial charge in [-0.05, 0) is 44.0 Å². The topological polar surface area (TPSA) is 84.5 Å². The van der Waals surface area contributed by atoms with Crippen LogP contribution < -0.4 is 14.8 Å². The maximum absolute atomic E-state index is 12.3. The maximum atomic E-state index is 12.3. The van der Waals surface area contributed by atoms with Crippen LogP contribution in [0.25, 0.3) is 0 Å². The molecule has 0 saturated carbocycles. The number of rotatable bonds is 8. The monoisotopic (exact) mass is 376 g/mol. The molecule has 0 aliphatic carbocycles. The van der Waals surface area contributed by atoms with E-state index in [-0.39, 0.29) is 12.3 Å². The molecule has 0 unspecified atom stereocenters. The summed E-state index contributed by atoms with van der Waals surface area (Å²) >= 11 is 0. The molecule has 26 heavy (non-hydrogen) atoms.